The van der Waals surface area contributed by atoms with Gasteiger partial charge in [-0.15, -0.1) is 11.3 Å². The Labute approximate surface area is 187 Å². The third kappa shape index (κ3) is 5.80. The maximum absolute atomic E-state index is 12.4. The Balaban J connectivity index is 1.53. The molecule has 4 nitrogen and oxygen atoms in total. The molecule has 2 heterocycles. The summed E-state index contributed by atoms with van der Waals surface area (Å²) < 4.78 is 0. The van der Waals surface area contributed by atoms with Crippen LogP contribution in [-0.4, -0.2) is 10.9 Å². The van der Waals surface area contributed by atoms with E-state index in [-0.39, 0.29) is 5.91 Å². The van der Waals surface area contributed by atoms with Crippen molar-refractivity contribution in [2.45, 2.75) is 26.4 Å². The first-order chi connectivity index (χ1) is 15.2. The van der Waals surface area contributed by atoms with E-state index in [1.54, 1.807) is 11.3 Å². The standard InChI is InChI=1S/C26H25N3OS/c1-20-24(28-26(30)17-23-13-8-16-31-23)14-15-25(27-20)29(18-21-9-4-2-5-10-21)19-22-11-6-3-7-12-22/h2-16H,17-19H2,1H3,(H,28,30). The fraction of sp³-hybridized carbons (Fsp3) is 0.154. The minimum absolute atomic E-state index is 0.0227. The molecule has 0 atom stereocenters. The Kier molecular flexibility index (Phi) is 6.75. The van der Waals surface area contributed by atoms with Crippen molar-refractivity contribution in [3.8, 4) is 0 Å². The lowest BCUT2D eigenvalue weighted by Gasteiger charge is -2.25. The van der Waals surface area contributed by atoms with Crippen LogP contribution in [-0.2, 0) is 24.3 Å². The van der Waals surface area contributed by atoms with E-state index in [1.165, 1.54) is 11.1 Å². The zero-order valence-corrected chi connectivity index (χ0v) is 18.3. The van der Waals surface area contributed by atoms with E-state index in [0.717, 1.165) is 35.2 Å². The number of aromatic nitrogens is 1. The Morgan fingerprint density at radius 1 is 0.871 bits per heavy atom. The summed E-state index contributed by atoms with van der Waals surface area (Å²) in [6.07, 6.45) is 0.382. The van der Waals surface area contributed by atoms with Crippen LogP contribution in [0.1, 0.15) is 21.7 Å². The molecule has 1 N–H and O–H groups in total. The molecular formula is C26H25N3OS. The van der Waals surface area contributed by atoms with Crippen molar-refractivity contribution in [1.82, 2.24) is 4.98 Å². The molecule has 0 unspecified atom stereocenters. The van der Waals surface area contributed by atoms with Crippen LogP contribution in [0.15, 0.2) is 90.3 Å². The van der Waals surface area contributed by atoms with Crippen LogP contribution in [0.5, 0.6) is 0 Å². The predicted molar refractivity (Wildman–Crippen MR) is 128 cm³/mol. The second kappa shape index (κ2) is 10.0. The number of hydrogen-bond donors (Lipinski definition) is 1. The van der Waals surface area contributed by atoms with E-state index in [1.807, 2.05) is 48.7 Å². The van der Waals surface area contributed by atoms with Crippen molar-refractivity contribution in [2.24, 2.45) is 0 Å². The molecule has 4 aromatic rings. The summed E-state index contributed by atoms with van der Waals surface area (Å²) in [6, 6.07) is 28.7. The molecule has 0 radical (unpaired) electrons. The first-order valence-corrected chi connectivity index (χ1v) is 11.2. The van der Waals surface area contributed by atoms with E-state index in [4.69, 9.17) is 4.98 Å². The molecule has 4 rings (SSSR count). The van der Waals surface area contributed by atoms with E-state index >= 15 is 0 Å². The Hall–Kier alpha value is -3.44. The Bertz CT molecular complexity index is 1070. The van der Waals surface area contributed by atoms with Crippen molar-refractivity contribution in [1.29, 1.82) is 0 Å². The molecule has 31 heavy (non-hydrogen) atoms. The number of anilines is 2. The van der Waals surface area contributed by atoms with E-state index in [2.05, 4.69) is 58.7 Å². The predicted octanol–water partition coefficient (Wildman–Crippen LogP) is 5.84. The zero-order chi connectivity index (χ0) is 21.5. The molecule has 2 aromatic carbocycles. The van der Waals surface area contributed by atoms with Gasteiger partial charge in [0, 0.05) is 18.0 Å². The van der Waals surface area contributed by atoms with Gasteiger partial charge in [0.15, 0.2) is 0 Å². The molecule has 0 aliphatic rings. The largest absolute Gasteiger partial charge is 0.348 e. The zero-order valence-electron chi connectivity index (χ0n) is 17.5. The second-order valence-electron chi connectivity index (χ2n) is 7.43. The number of nitrogens with zero attached hydrogens (tertiary/aromatic N) is 2. The SMILES string of the molecule is Cc1nc(N(Cc2ccccc2)Cc2ccccc2)ccc1NC(=O)Cc1cccs1. The summed E-state index contributed by atoms with van der Waals surface area (Å²) in [5, 5.41) is 4.99. The lowest BCUT2D eigenvalue weighted by molar-refractivity contribution is -0.115. The minimum atomic E-state index is -0.0227. The molecule has 0 saturated heterocycles. The summed E-state index contributed by atoms with van der Waals surface area (Å²) in [4.78, 5) is 20.5. The van der Waals surface area contributed by atoms with Gasteiger partial charge < -0.3 is 10.2 Å². The maximum Gasteiger partial charge on any atom is 0.229 e. The van der Waals surface area contributed by atoms with Gasteiger partial charge in [0.2, 0.25) is 5.91 Å². The lowest BCUT2D eigenvalue weighted by atomic mass is 10.1. The maximum atomic E-state index is 12.4. The fourth-order valence-corrected chi connectivity index (χ4v) is 4.15. The normalized spacial score (nSPS) is 10.6. The third-order valence-electron chi connectivity index (χ3n) is 5.02. The smallest absolute Gasteiger partial charge is 0.229 e. The van der Waals surface area contributed by atoms with Crippen LogP contribution >= 0.6 is 11.3 Å². The van der Waals surface area contributed by atoms with Crippen molar-refractivity contribution in [3.05, 3.63) is 112 Å². The number of thiophene rings is 1. The average molecular weight is 428 g/mol. The molecule has 0 spiro atoms. The molecule has 1 amide bonds. The number of pyridine rings is 1. The fourth-order valence-electron chi connectivity index (χ4n) is 3.45. The van der Waals surface area contributed by atoms with Crippen molar-refractivity contribution >= 4 is 28.7 Å². The van der Waals surface area contributed by atoms with Crippen LogP contribution in [0, 0.1) is 6.92 Å². The number of nitrogens with one attached hydrogen (secondary N) is 1. The van der Waals surface area contributed by atoms with Crippen LogP contribution < -0.4 is 10.2 Å². The quantitative estimate of drug-likeness (QED) is 0.384. The minimum Gasteiger partial charge on any atom is -0.348 e. The van der Waals surface area contributed by atoms with Gasteiger partial charge in [0.05, 0.1) is 17.8 Å². The molecule has 0 aliphatic heterocycles. The second-order valence-corrected chi connectivity index (χ2v) is 8.47. The van der Waals surface area contributed by atoms with Gasteiger partial charge in [-0.3, -0.25) is 4.79 Å². The average Bonchev–Trinajstić information content (AvgIpc) is 3.29. The molecule has 5 heteroatoms. The first kappa shape index (κ1) is 20.8. The number of hydrogen-bond acceptors (Lipinski definition) is 4. The van der Waals surface area contributed by atoms with E-state index in [0.29, 0.717) is 6.42 Å². The molecule has 0 fully saturated rings. The highest BCUT2D eigenvalue weighted by atomic mass is 32.1. The van der Waals surface area contributed by atoms with Crippen LogP contribution in [0.2, 0.25) is 0 Å². The van der Waals surface area contributed by atoms with Gasteiger partial charge >= 0.3 is 0 Å². The highest BCUT2D eigenvalue weighted by Gasteiger charge is 2.13. The van der Waals surface area contributed by atoms with Gasteiger partial charge in [-0.2, -0.15) is 0 Å². The van der Waals surface area contributed by atoms with Crippen molar-refractivity contribution in [3.63, 3.8) is 0 Å². The molecule has 156 valence electrons. The molecule has 2 aromatic heterocycles. The van der Waals surface area contributed by atoms with Gasteiger partial charge in [-0.05, 0) is 41.6 Å². The topological polar surface area (TPSA) is 45.2 Å². The van der Waals surface area contributed by atoms with Crippen LogP contribution in [0.3, 0.4) is 0 Å². The molecule has 0 aliphatic carbocycles. The summed E-state index contributed by atoms with van der Waals surface area (Å²) in [6.45, 7) is 3.45. The number of rotatable bonds is 8. The molecular weight excluding hydrogens is 402 g/mol. The highest BCUT2D eigenvalue weighted by molar-refractivity contribution is 7.10. The lowest BCUT2D eigenvalue weighted by Crippen LogP contribution is -2.23. The monoisotopic (exact) mass is 427 g/mol. The number of aryl methyl sites for hydroxylation is 1. The van der Waals surface area contributed by atoms with Gasteiger partial charge in [0.1, 0.15) is 5.82 Å². The number of benzene rings is 2. The molecule has 0 bridgehead atoms. The van der Waals surface area contributed by atoms with E-state index < -0.39 is 0 Å². The molecule has 0 saturated carbocycles. The van der Waals surface area contributed by atoms with Crippen molar-refractivity contribution < 1.29 is 4.79 Å². The third-order valence-corrected chi connectivity index (χ3v) is 5.89. The summed E-state index contributed by atoms with van der Waals surface area (Å²) in [5.41, 5.74) is 4.02. The Morgan fingerprint density at radius 2 is 1.52 bits per heavy atom. The van der Waals surface area contributed by atoms with Gasteiger partial charge in [-0.25, -0.2) is 4.98 Å². The van der Waals surface area contributed by atoms with Crippen LogP contribution in [0.25, 0.3) is 0 Å². The summed E-state index contributed by atoms with van der Waals surface area (Å²) in [7, 11) is 0. The first-order valence-electron chi connectivity index (χ1n) is 10.3. The number of amides is 1. The number of carbonyl (C=O) groups excluding carboxylic acids is 1. The summed E-state index contributed by atoms with van der Waals surface area (Å²) in [5.74, 6) is 0.868. The van der Waals surface area contributed by atoms with Crippen molar-refractivity contribution in [2.75, 3.05) is 10.2 Å². The number of carbonyl (C=O) groups is 1. The highest BCUT2D eigenvalue weighted by Crippen LogP contribution is 2.23. The Morgan fingerprint density at radius 3 is 2.06 bits per heavy atom. The van der Waals surface area contributed by atoms with Crippen LogP contribution in [0.4, 0.5) is 11.5 Å². The van der Waals surface area contributed by atoms with Gasteiger partial charge in [0.25, 0.3) is 0 Å². The van der Waals surface area contributed by atoms with E-state index in [9.17, 15) is 4.79 Å². The summed E-state index contributed by atoms with van der Waals surface area (Å²) >= 11 is 1.59. The van der Waals surface area contributed by atoms with Gasteiger partial charge in [-0.1, -0.05) is 66.7 Å².